The normalized spacial score (nSPS) is 23.4. The molecule has 1 unspecified atom stereocenters. The number of aromatic nitrogens is 1. The number of hydrogen-bond acceptors (Lipinski definition) is 4. The van der Waals surface area contributed by atoms with Crippen molar-refractivity contribution >= 4 is 5.82 Å². The number of anilines is 1. The van der Waals surface area contributed by atoms with Crippen molar-refractivity contribution in [1.29, 1.82) is 5.26 Å². The molecule has 0 saturated carbocycles. The molecule has 4 nitrogen and oxygen atoms in total. The number of piperidine rings is 1. The number of pyridine rings is 1. The summed E-state index contributed by atoms with van der Waals surface area (Å²) in [7, 11) is 0. The molecule has 0 radical (unpaired) electrons. The Morgan fingerprint density at radius 3 is 2.95 bits per heavy atom. The van der Waals surface area contributed by atoms with Crippen LogP contribution in [0.1, 0.15) is 32.4 Å². The summed E-state index contributed by atoms with van der Waals surface area (Å²) in [5.74, 6) is 1.27. The Morgan fingerprint density at radius 2 is 2.32 bits per heavy atom. The van der Waals surface area contributed by atoms with Gasteiger partial charge < -0.3 is 10.0 Å². The SMILES string of the molecule is CC(C)C1(CO)CCCN(c2cccc(C#N)n2)C1. The van der Waals surface area contributed by atoms with Gasteiger partial charge in [-0.15, -0.1) is 0 Å². The van der Waals surface area contributed by atoms with Crippen LogP contribution in [0.5, 0.6) is 0 Å². The third kappa shape index (κ3) is 2.71. The zero-order valence-corrected chi connectivity index (χ0v) is 11.6. The van der Waals surface area contributed by atoms with E-state index in [0.29, 0.717) is 11.6 Å². The maximum absolute atomic E-state index is 9.78. The van der Waals surface area contributed by atoms with Gasteiger partial charge in [-0.3, -0.25) is 0 Å². The van der Waals surface area contributed by atoms with Crippen LogP contribution in [0.4, 0.5) is 5.82 Å². The fourth-order valence-corrected chi connectivity index (χ4v) is 2.80. The van der Waals surface area contributed by atoms with Crippen LogP contribution in [0.25, 0.3) is 0 Å². The minimum Gasteiger partial charge on any atom is -0.396 e. The number of aliphatic hydroxyl groups excluding tert-OH is 1. The van der Waals surface area contributed by atoms with Crippen molar-refractivity contribution in [3.63, 3.8) is 0 Å². The Morgan fingerprint density at radius 1 is 1.53 bits per heavy atom. The summed E-state index contributed by atoms with van der Waals surface area (Å²) in [6.07, 6.45) is 2.10. The van der Waals surface area contributed by atoms with Gasteiger partial charge in [0.1, 0.15) is 17.6 Å². The summed E-state index contributed by atoms with van der Waals surface area (Å²) in [5.41, 5.74) is 0.394. The van der Waals surface area contributed by atoms with Gasteiger partial charge in [-0.05, 0) is 30.9 Å². The molecule has 1 aliphatic heterocycles. The van der Waals surface area contributed by atoms with Crippen molar-refractivity contribution in [1.82, 2.24) is 4.98 Å². The molecule has 2 heterocycles. The predicted octanol–water partition coefficient (Wildman–Crippen LogP) is 2.19. The van der Waals surface area contributed by atoms with Crippen molar-refractivity contribution in [2.75, 3.05) is 24.6 Å². The van der Waals surface area contributed by atoms with E-state index >= 15 is 0 Å². The van der Waals surface area contributed by atoms with E-state index in [1.165, 1.54) is 0 Å². The molecule has 0 aliphatic carbocycles. The van der Waals surface area contributed by atoms with E-state index < -0.39 is 0 Å². The van der Waals surface area contributed by atoms with Crippen LogP contribution in [-0.2, 0) is 0 Å². The Kier molecular flexibility index (Phi) is 4.06. The first kappa shape index (κ1) is 13.8. The molecule has 1 saturated heterocycles. The van der Waals surface area contributed by atoms with Crippen molar-refractivity contribution in [2.45, 2.75) is 26.7 Å². The highest BCUT2D eigenvalue weighted by Gasteiger charge is 2.38. The minimum absolute atomic E-state index is 0.0530. The molecule has 1 fully saturated rings. The number of aliphatic hydroxyl groups is 1. The van der Waals surface area contributed by atoms with Gasteiger partial charge in [-0.2, -0.15) is 5.26 Å². The second-order valence-corrected chi connectivity index (χ2v) is 5.69. The standard InChI is InChI=1S/C15H21N3O/c1-12(2)15(11-19)7-4-8-18(10-15)14-6-3-5-13(9-16)17-14/h3,5-6,12,19H,4,7-8,10-11H2,1-2H3. The van der Waals surface area contributed by atoms with E-state index in [4.69, 9.17) is 5.26 Å². The minimum atomic E-state index is -0.0530. The highest BCUT2D eigenvalue weighted by molar-refractivity contribution is 5.42. The molecular weight excluding hydrogens is 238 g/mol. The maximum Gasteiger partial charge on any atom is 0.142 e. The molecule has 19 heavy (non-hydrogen) atoms. The largest absolute Gasteiger partial charge is 0.396 e. The summed E-state index contributed by atoms with van der Waals surface area (Å²) >= 11 is 0. The molecule has 0 amide bonds. The lowest BCUT2D eigenvalue weighted by Crippen LogP contribution is -2.48. The number of nitriles is 1. The molecule has 4 heteroatoms. The average molecular weight is 259 g/mol. The van der Waals surface area contributed by atoms with Gasteiger partial charge >= 0.3 is 0 Å². The first-order chi connectivity index (χ1) is 9.11. The molecule has 0 bridgehead atoms. The average Bonchev–Trinajstić information content (AvgIpc) is 2.47. The van der Waals surface area contributed by atoms with Gasteiger partial charge in [-0.1, -0.05) is 19.9 Å². The van der Waals surface area contributed by atoms with Crippen LogP contribution >= 0.6 is 0 Å². The summed E-state index contributed by atoms with van der Waals surface area (Å²) in [6.45, 7) is 6.29. The van der Waals surface area contributed by atoms with Crippen LogP contribution in [0.2, 0.25) is 0 Å². The molecule has 0 aromatic carbocycles. The fourth-order valence-electron chi connectivity index (χ4n) is 2.80. The van der Waals surface area contributed by atoms with Crippen LogP contribution < -0.4 is 4.90 Å². The summed E-state index contributed by atoms with van der Waals surface area (Å²) in [5, 5.41) is 18.7. The molecule has 1 atom stereocenters. The molecule has 1 aromatic heterocycles. The van der Waals surface area contributed by atoms with Gasteiger partial charge in [0.15, 0.2) is 0 Å². The van der Waals surface area contributed by atoms with E-state index in [9.17, 15) is 5.11 Å². The lowest BCUT2D eigenvalue weighted by molar-refractivity contribution is 0.0598. The Labute approximate surface area is 114 Å². The van der Waals surface area contributed by atoms with Crippen LogP contribution in [0.15, 0.2) is 18.2 Å². The summed E-state index contributed by atoms with van der Waals surface area (Å²) < 4.78 is 0. The molecule has 1 aromatic rings. The van der Waals surface area contributed by atoms with E-state index in [1.54, 1.807) is 6.07 Å². The van der Waals surface area contributed by atoms with E-state index in [0.717, 1.165) is 31.7 Å². The fraction of sp³-hybridized carbons (Fsp3) is 0.600. The Balaban J connectivity index is 2.23. The molecule has 2 rings (SSSR count). The summed E-state index contributed by atoms with van der Waals surface area (Å²) in [6, 6.07) is 7.60. The predicted molar refractivity (Wildman–Crippen MR) is 74.8 cm³/mol. The monoisotopic (exact) mass is 259 g/mol. The van der Waals surface area contributed by atoms with Crippen LogP contribution in [-0.4, -0.2) is 29.8 Å². The quantitative estimate of drug-likeness (QED) is 0.904. The van der Waals surface area contributed by atoms with Gasteiger partial charge in [0.05, 0.1) is 6.61 Å². The zero-order chi connectivity index (χ0) is 13.9. The van der Waals surface area contributed by atoms with Crippen LogP contribution in [0, 0.1) is 22.7 Å². The van der Waals surface area contributed by atoms with Crippen molar-refractivity contribution < 1.29 is 5.11 Å². The lowest BCUT2D eigenvalue weighted by Gasteiger charge is -2.45. The van der Waals surface area contributed by atoms with Gasteiger partial charge in [0.25, 0.3) is 0 Å². The summed E-state index contributed by atoms with van der Waals surface area (Å²) in [4.78, 5) is 6.55. The smallest absolute Gasteiger partial charge is 0.142 e. The van der Waals surface area contributed by atoms with Crippen molar-refractivity contribution in [2.24, 2.45) is 11.3 Å². The second kappa shape index (κ2) is 5.58. The molecule has 102 valence electrons. The molecule has 0 spiro atoms. The molecule has 1 N–H and O–H groups in total. The maximum atomic E-state index is 9.78. The second-order valence-electron chi connectivity index (χ2n) is 5.69. The molecular formula is C15H21N3O. The number of nitrogens with zero attached hydrogens (tertiary/aromatic N) is 3. The van der Waals surface area contributed by atoms with Crippen molar-refractivity contribution in [3.05, 3.63) is 23.9 Å². The van der Waals surface area contributed by atoms with Crippen molar-refractivity contribution in [3.8, 4) is 6.07 Å². The number of rotatable bonds is 3. The topological polar surface area (TPSA) is 60.1 Å². The first-order valence-corrected chi connectivity index (χ1v) is 6.84. The highest BCUT2D eigenvalue weighted by atomic mass is 16.3. The third-order valence-corrected chi connectivity index (χ3v) is 4.32. The van der Waals surface area contributed by atoms with Gasteiger partial charge in [-0.25, -0.2) is 4.98 Å². The third-order valence-electron chi connectivity index (χ3n) is 4.32. The van der Waals surface area contributed by atoms with Crippen LogP contribution in [0.3, 0.4) is 0 Å². The van der Waals surface area contributed by atoms with E-state index in [2.05, 4.69) is 29.8 Å². The molecule has 1 aliphatic rings. The van der Waals surface area contributed by atoms with E-state index in [1.807, 2.05) is 12.1 Å². The lowest BCUT2D eigenvalue weighted by atomic mass is 9.72. The van der Waals surface area contributed by atoms with Gasteiger partial charge in [0.2, 0.25) is 0 Å². The highest BCUT2D eigenvalue weighted by Crippen LogP contribution is 2.37. The van der Waals surface area contributed by atoms with Gasteiger partial charge in [0, 0.05) is 18.5 Å². The first-order valence-electron chi connectivity index (χ1n) is 6.84. The van der Waals surface area contributed by atoms with E-state index in [-0.39, 0.29) is 12.0 Å². The number of hydrogen-bond donors (Lipinski definition) is 1. The Hall–Kier alpha value is -1.60. The Bertz CT molecular complexity index is 481. The zero-order valence-electron chi connectivity index (χ0n) is 11.6.